The molecule has 100 valence electrons. The SMILES string of the molecule is CSc1ccccc1-c1nc(Cl)c2c(F)cccc2n1. The predicted molar refractivity (Wildman–Crippen MR) is 81.7 cm³/mol. The monoisotopic (exact) mass is 304 g/mol. The van der Waals surface area contributed by atoms with Crippen LogP contribution in [0, 0.1) is 5.82 Å². The quantitative estimate of drug-likeness (QED) is 0.502. The summed E-state index contributed by atoms with van der Waals surface area (Å²) < 4.78 is 13.8. The van der Waals surface area contributed by atoms with Gasteiger partial charge in [0, 0.05) is 10.5 Å². The van der Waals surface area contributed by atoms with Crippen LogP contribution in [-0.4, -0.2) is 16.2 Å². The third-order valence-corrected chi connectivity index (χ3v) is 4.05. The zero-order chi connectivity index (χ0) is 14.1. The van der Waals surface area contributed by atoms with Crippen LogP contribution in [0.2, 0.25) is 5.15 Å². The molecular formula is C15H10ClFN2S. The van der Waals surface area contributed by atoms with Gasteiger partial charge in [-0.1, -0.05) is 35.9 Å². The van der Waals surface area contributed by atoms with Gasteiger partial charge in [0.05, 0.1) is 10.9 Å². The van der Waals surface area contributed by atoms with Crippen LogP contribution >= 0.6 is 23.4 Å². The zero-order valence-corrected chi connectivity index (χ0v) is 12.2. The smallest absolute Gasteiger partial charge is 0.162 e. The molecule has 1 aromatic heterocycles. The Morgan fingerprint density at radius 3 is 2.65 bits per heavy atom. The maximum absolute atomic E-state index is 13.8. The van der Waals surface area contributed by atoms with E-state index in [1.807, 2.05) is 30.5 Å². The lowest BCUT2D eigenvalue weighted by Crippen LogP contribution is -1.94. The Kier molecular flexibility index (Phi) is 3.59. The van der Waals surface area contributed by atoms with Gasteiger partial charge in [0.2, 0.25) is 0 Å². The molecule has 5 heteroatoms. The third-order valence-electron chi connectivity index (χ3n) is 2.98. The van der Waals surface area contributed by atoms with Crippen LogP contribution in [0.5, 0.6) is 0 Å². The summed E-state index contributed by atoms with van der Waals surface area (Å²) in [5.74, 6) is 0.107. The number of hydrogen-bond acceptors (Lipinski definition) is 3. The van der Waals surface area contributed by atoms with Gasteiger partial charge in [-0.15, -0.1) is 11.8 Å². The van der Waals surface area contributed by atoms with Crippen molar-refractivity contribution in [2.45, 2.75) is 4.90 Å². The van der Waals surface area contributed by atoms with Gasteiger partial charge >= 0.3 is 0 Å². The molecule has 0 aliphatic carbocycles. The summed E-state index contributed by atoms with van der Waals surface area (Å²) in [5, 5.41) is 0.401. The lowest BCUT2D eigenvalue weighted by Gasteiger charge is -2.08. The number of thioether (sulfide) groups is 1. The van der Waals surface area contributed by atoms with Crippen LogP contribution in [0.1, 0.15) is 0 Å². The van der Waals surface area contributed by atoms with Crippen molar-refractivity contribution in [1.29, 1.82) is 0 Å². The van der Waals surface area contributed by atoms with E-state index in [1.54, 1.807) is 23.9 Å². The number of rotatable bonds is 2. The van der Waals surface area contributed by atoms with Gasteiger partial charge < -0.3 is 0 Å². The highest BCUT2D eigenvalue weighted by molar-refractivity contribution is 7.98. The van der Waals surface area contributed by atoms with Crippen molar-refractivity contribution < 1.29 is 4.39 Å². The first-order chi connectivity index (χ1) is 9.70. The molecular weight excluding hydrogens is 295 g/mol. The van der Waals surface area contributed by atoms with Crippen molar-refractivity contribution in [2.75, 3.05) is 6.26 Å². The predicted octanol–water partition coefficient (Wildman–Crippen LogP) is 4.81. The minimum atomic E-state index is -0.405. The highest BCUT2D eigenvalue weighted by Gasteiger charge is 2.13. The van der Waals surface area contributed by atoms with Gasteiger partial charge in [-0.3, -0.25) is 0 Å². The first-order valence-electron chi connectivity index (χ1n) is 5.96. The molecule has 2 nitrogen and oxygen atoms in total. The average molecular weight is 305 g/mol. The molecule has 20 heavy (non-hydrogen) atoms. The van der Waals surface area contributed by atoms with E-state index in [9.17, 15) is 4.39 Å². The van der Waals surface area contributed by atoms with E-state index < -0.39 is 5.82 Å². The first kappa shape index (κ1) is 13.3. The summed E-state index contributed by atoms with van der Waals surface area (Å²) in [6.45, 7) is 0. The van der Waals surface area contributed by atoms with E-state index in [-0.39, 0.29) is 10.5 Å². The Morgan fingerprint density at radius 1 is 1.05 bits per heavy atom. The van der Waals surface area contributed by atoms with Gasteiger partial charge in [-0.2, -0.15) is 0 Å². The molecule has 0 bridgehead atoms. The summed E-state index contributed by atoms with van der Waals surface area (Å²) in [6, 6.07) is 12.5. The molecule has 3 rings (SSSR count). The van der Waals surface area contributed by atoms with Crippen LogP contribution in [0.25, 0.3) is 22.3 Å². The molecule has 1 heterocycles. The summed E-state index contributed by atoms with van der Waals surface area (Å²) in [4.78, 5) is 9.72. The highest BCUT2D eigenvalue weighted by Crippen LogP contribution is 2.31. The van der Waals surface area contributed by atoms with Crippen molar-refractivity contribution in [3.63, 3.8) is 0 Å². The van der Waals surface area contributed by atoms with Crippen molar-refractivity contribution in [3.8, 4) is 11.4 Å². The second-order valence-corrected chi connectivity index (χ2v) is 5.38. The molecule has 0 unspecified atom stereocenters. The van der Waals surface area contributed by atoms with Crippen LogP contribution < -0.4 is 0 Å². The highest BCUT2D eigenvalue weighted by atomic mass is 35.5. The van der Waals surface area contributed by atoms with E-state index in [0.717, 1.165) is 10.5 Å². The van der Waals surface area contributed by atoms with E-state index >= 15 is 0 Å². The number of benzene rings is 2. The molecule has 0 atom stereocenters. The maximum atomic E-state index is 13.8. The molecule has 0 spiro atoms. The molecule has 0 amide bonds. The van der Waals surface area contributed by atoms with E-state index in [1.165, 1.54) is 6.07 Å². The second kappa shape index (κ2) is 5.38. The fourth-order valence-electron chi connectivity index (χ4n) is 2.05. The van der Waals surface area contributed by atoms with Crippen LogP contribution in [0.15, 0.2) is 47.4 Å². The topological polar surface area (TPSA) is 25.8 Å². The zero-order valence-electron chi connectivity index (χ0n) is 10.6. The standard InChI is InChI=1S/C15H10ClFN2S/c1-20-12-8-3-2-5-9(12)15-18-11-7-4-6-10(17)13(11)14(16)19-15/h2-8H,1H3. The molecule has 0 saturated carbocycles. The summed E-state index contributed by atoms with van der Waals surface area (Å²) in [7, 11) is 0. The number of fused-ring (bicyclic) bond motifs is 1. The minimum Gasteiger partial charge on any atom is -0.228 e. The van der Waals surface area contributed by atoms with Crippen LogP contribution in [0.3, 0.4) is 0 Å². The van der Waals surface area contributed by atoms with Crippen LogP contribution in [0.4, 0.5) is 4.39 Å². The van der Waals surface area contributed by atoms with Crippen molar-refractivity contribution in [2.24, 2.45) is 0 Å². The molecule has 0 aliphatic rings. The van der Waals surface area contributed by atoms with Gasteiger partial charge in [0.15, 0.2) is 5.82 Å². The summed E-state index contributed by atoms with van der Waals surface area (Å²) in [6.07, 6.45) is 1.99. The van der Waals surface area contributed by atoms with Gasteiger partial charge in [-0.05, 0) is 24.5 Å². The van der Waals surface area contributed by atoms with Gasteiger partial charge in [0.25, 0.3) is 0 Å². The lowest BCUT2D eigenvalue weighted by molar-refractivity contribution is 0.639. The molecule has 0 N–H and O–H groups in total. The largest absolute Gasteiger partial charge is 0.228 e. The Labute approximate surface area is 125 Å². The summed E-state index contributed by atoms with van der Waals surface area (Å²) >= 11 is 7.72. The average Bonchev–Trinajstić information content (AvgIpc) is 2.47. The Hall–Kier alpha value is -1.65. The Morgan fingerprint density at radius 2 is 1.85 bits per heavy atom. The number of hydrogen-bond donors (Lipinski definition) is 0. The molecule has 0 saturated heterocycles. The molecule has 0 fully saturated rings. The van der Waals surface area contributed by atoms with Crippen molar-refractivity contribution in [3.05, 3.63) is 53.4 Å². The summed E-state index contributed by atoms with van der Waals surface area (Å²) in [5.41, 5.74) is 1.41. The second-order valence-electron chi connectivity index (χ2n) is 4.17. The van der Waals surface area contributed by atoms with Gasteiger partial charge in [0.1, 0.15) is 11.0 Å². The fraction of sp³-hybridized carbons (Fsp3) is 0.0667. The van der Waals surface area contributed by atoms with E-state index in [0.29, 0.717) is 11.3 Å². The van der Waals surface area contributed by atoms with E-state index in [4.69, 9.17) is 11.6 Å². The normalized spacial score (nSPS) is 10.9. The molecule has 0 aliphatic heterocycles. The number of aromatic nitrogens is 2. The lowest BCUT2D eigenvalue weighted by atomic mass is 10.2. The number of halogens is 2. The first-order valence-corrected chi connectivity index (χ1v) is 7.56. The Balaban J connectivity index is 2.28. The van der Waals surface area contributed by atoms with E-state index in [2.05, 4.69) is 9.97 Å². The maximum Gasteiger partial charge on any atom is 0.162 e. The van der Waals surface area contributed by atoms with Crippen molar-refractivity contribution >= 4 is 34.3 Å². The van der Waals surface area contributed by atoms with Crippen molar-refractivity contribution in [1.82, 2.24) is 9.97 Å². The molecule has 0 radical (unpaired) electrons. The van der Waals surface area contributed by atoms with Gasteiger partial charge in [-0.25, -0.2) is 14.4 Å². The third kappa shape index (κ3) is 2.25. The minimum absolute atomic E-state index is 0.138. The fourth-order valence-corrected chi connectivity index (χ4v) is 2.91. The molecule has 3 aromatic rings. The van der Waals surface area contributed by atoms with Crippen LogP contribution in [-0.2, 0) is 0 Å². The Bertz CT molecular complexity index is 792. The number of nitrogens with zero attached hydrogens (tertiary/aromatic N) is 2. The molecule has 2 aromatic carbocycles.